The lowest BCUT2D eigenvalue weighted by molar-refractivity contribution is 0.404. The summed E-state index contributed by atoms with van der Waals surface area (Å²) in [5.41, 5.74) is 5.63. The van der Waals surface area contributed by atoms with E-state index in [9.17, 15) is 16.8 Å². The standard InChI is InChI=1S/C13H21N3O4S2/c1-10-7-11(8-14)9-16(10)22(19,20)13-5-3-12(4-6-13)21(17,18)15-2/h3-6,10-11,15H,7-9,14H2,1-2H3. The van der Waals surface area contributed by atoms with Crippen LogP contribution in [0.25, 0.3) is 0 Å². The predicted molar refractivity (Wildman–Crippen MR) is 83.2 cm³/mol. The van der Waals surface area contributed by atoms with Gasteiger partial charge < -0.3 is 5.73 Å². The van der Waals surface area contributed by atoms with Gasteiger partial charge in [-0.25, -0.2) is 21.6 Å². The third-order valence-corrected chi connectivity index (χ3v) is 7.37. The van der Waals surface area contributed by atoms with Crippen molar-refractivity contribution in [2.45, 2.75) is 29.2 Å². The molecule has 1 aliphatic rings. The van der Waals surface area contributed by atoms with E-state index in [1.165, 1.54) is 35.6 Å². The molecule has 124 valence electrons. The molecule has 2 atom stereocenters. The average Bonchev–Trinajstić information content (AvgIpc) is 2.89. The molecule has 9 heteroatoms. The molecule has 1 aliphatic heterocycles. The van der Waals surface area contributed by atoms with Gasteiger partial charge in [-0.05, 0) is 57.1 Å². The maximum Gasteiger partial charge on any atom is 0.243 e. The summed E-state index contributed by atoms with van der Waals surface area (Å²) in [6, 6.07) is 5.11. The number of nitrogens with zero attached hydrogens (tertiary/aromatic N) is 1. The number of hydrogen-bond acceptors (Lipinski definition) is 5. The fourth-order valence-electron chi connectivity index (χ4n) is 2.66. The molecule has 1 aromatic rings. The maximum atomic E-state index is 12.7. The second-order valence-electron chi connectivity index (χ2n) is 5.44. The van der Waals surface area contributed by atoms with Crippen LogP contribution in [0.4, 0.5) is 0 Å². The highest BCUT2D eigenvalue weighted by atomic mass is 32.2. The Balaban J connectivity index is 2.31. The van der Waals surface area contributed by atoms with Crippen LogP contribution in [0.15, 0.2) is 34.1 Å². The van der Waals surface area contributed by atoms with Crippen molar-refractivity contribution in [3.8, 4) is 0 Å². The van der Waals surface area contributed by atoms with Gasteiger partial charge in [0.1, 0.15) is 0 Å². The van der Waals surface area contributed by atoms with Crippen LogP contribution in [0.3, 0.4) is 0 Å². The lowest BCUT2D eigenvalue weighted by atomic mass is 10.1. The van der Waals surface area contributed by atoms with Gasteiger partial charge in [-0.1, -0.05) is 0 Å². The zero-order valence-electron chi connectivity index (χ0n) is 12.6. The van der Waals surface area contributed by atoms with Gasteiger partial charge >= 0.3 is 0 Å². The van der Waals surface area contributed by atoms with Gasteiger partial charge in [-0.2, -0.15) is 4.31 Å². The zero-order valence-corrected chi connectivity index (χ0v) is 14.2. The first kappa shape index (κ1) is 17.4. The highest BCUT2D eigenvalue weighted by molar-refractivity contribution is 7.89. The molecule has 0 saturated carbocycles. The zero-order chi connectivity index (χ0) is 16.5. The Morgan fingerprint density at radius 2 is 1.73 bits per heavy atom. The van der Waals surface area contributed by atoms with Crippen LogP contribution in [-0.4, -0.2) is 47.3 Å². The van der Waals surface area contributed by atoms with Crippen LogP contribution < -0.4 is 10.5 Å². The molecule has 0 radical (unpaired) electrons. The molecule has 0 aliphatic carbocycles. The number of sulfonamides is 2. The highest BCUT2D eigenvalue weighted by Gasteiger charge is 2.37. The monoisotopic (exact) mass is 347 g/mol. The summed E-state index contributed by atoms with van der Waals surface area (Å²) in [7, 11) is -5.91. The van der Waals surface area contributed by atoms with Gasteiger partial charge in [0, 0.05) is 12.6 Å². The summed E-state index contributed by atoms with van der Waals surface area (Å²) >= 11 is 0. The van der Waals surface area contributed by atoms with Crippen LogP contribution in [0.1, 0.15) is 13.3 Å². The largest absolute Gasteiger partial charge is 0.330 e. The van der Waals surface area contributed by atoms with E-state index in [1.807, 2.05) is 6.92 Å². The maximum absolute atomic E-state index is 12.7. The van der Waals surface area contributed by atoms with Crippen molar-refractivity contribution in [1.82, 2.24) is 9.03 Å². The normalized spacial score (nSPS) is 23.8. The molecule has 2 rings (SSSR count). The van der Waals surface area contributed by atoms with Gasteiger partial charge in [0.15, 0.2) is 0 Å². The Morgan fingerprint density at radius 1 is 1.18 bits per heavy atom. The second kappa shape index (κ2) is 6.25. The molecule has 3 N–H and O–H groups in total. The summed E-state index contributed by atoms with van der Waals surface area (Å²) < 4.78 is 52.3. The molecule has 0 bridgehead atoms. The third-order valence-electron chi connectivity index (χ3n) is 3.95. The van der Waals surface area contributed by atoms with Gasteiger partial charge in [0.25, 0.3) is 0 Å². The molecule has 1 aromatic carbocycles. The number of nitrogens with one attached hydrogen (secondary N) is 1. The van der Waals surface area contributed by atoms with Crippen molar-refractivity contribution < 1.29 is 16.8 Å². The van der Waals surface area contributed by atoms with Crippen molar-refractivity contribution in [1.29, 1.82) is 0 Å². The molecule has 22 heavy (non-hydrogen) atoms. The molecule has 1 heterocycles. The average molecular weight is 347 g/mol. The van der Waals surface area contributed by atoms with Gasteiger partial charge in [-0.15, -0.1) is 0 Å². The molecule has 0 spiro atoms. The highest BCUT2D eigenvalue weighted by Crippen LogP contribution is 2.29. The van der Waals surface area contributed by atoms with Crippen LogP contribution in [0, 0.1) is 5.92 Å². The summed E-state index contributed by atoms with van der Waals surface area (Å²) in [5, 5.41) is 0. The Kier molecular flexibility index (Phi) is 4.93. The molecule has 0 amide bonds. The van der Waals surface area contributed by atoms with Crippen molar-refractivity contribution in [2.75, 3.05) is 20.1 Å². The molecule has 2 unspecified atom stereocenters. The van der Waals surface area contributed by atoms with E-state index < -0.39 is 20.0 Å². The first-order chi connectivity index (χ1) is 10.2. The van der Waals surface area contributed by atoms with Crippen LogP contribution in [0.2, 0.25) is 0 Å². The smallest absolute Gasteiger partial charge is 0.243 e. The van der Waals surface area contributed by atoms with Gasteiger partial charge in [-0.3, -0.25) is 0 Å². The number of nitrogens with two attached hydrogens (primary N) is 1. The minimum atomic E-state index is -3.64. The lowest BCUT2D eigenvalue weighted by Gasteiger charge is -2.21. The molecule has 1 saturated heterocycles. The number of rotatable bonds is 5. The topological polar surface area (TPSA) is 110 Å². The minimum absolute atomic E-state index is 0.0308. The fourth-order valence-corrected chi connectivity index (χ4v) is 5.11. The van der Waals surface area contributed by atoms with Gasteiger partial charge in [0.2, 0.25) is 20.0 Å². The number of benzene rings is 1. The fraction of sp³-hybridized carbons (Fsp3) is 0.538. The lowest BCUT2D eigenvalue weighted by Crippen LogP contribution is -2.34. The van der Waals surface area contributed by atoms with E-state index in [2.05, 4.69) is 4.72 Å². The quantitative estimate of drug-likeness (QED) is 0.776. The van der Waals surface area contributed by atoms with Crippen LogP contribution in [-0.2, 0) is 20.0 Å². The summed E-state index contributed by atoms with van der Waals surface area (Å²) in [6.45, 7) is 2.71. The van der Waals surface area contributed by atoms with E-state index in [-0.39, 0.29) is 21.8 Å². The van der Waals surface area contributed by atoms with E-state index >= 15 is 0 Å². The van der Waals surface area contributed by atoms with Crippen LogP contribution in [0.5, 0.6) is 0 Å². The summed E-state index contributed by atoms with van der Waals surface area (Å²) in [5.74, 6) is 0.161. The predicted octanol–water partition coefficient (Wildman–Crippen LogP) is -0.0475. The number of hydrogen-bond donors (Lipinski definition) is 2. The molecule has 7 nitrogen and oxygen atoms in total. The van der Waals surface area contributed by atoms with E-state index in [0.717, 1.165) is 6.42 Å². The first-order valence-corrected chi connectivity index (χ1v) is 9.90. The second-order valence-corrected chi connectivity index (χ2v) is 9.22. The molecule has 1 fully saturated rings. The third kappa shape index (κ3) is 3.18. The Hall–Kier alpha value is -1.00. The van der Waals surface area contributed by atoms with Crippen LogP contribution >= 0.6 is 0 Å². The van der Waals surface area contributed by atoms with Crippen molar-refractivity contribution in [2.24, 2.45) is 11.7 Å². The van der Waals surface area contributed by atoms with E-state index in [1.54, 1.807) is 0 Å². The van der Waals surface area contributed by atoms with Crippen molar-refractivity contribution in [3.05, 3.63) is 24.3 Å². The SMILES string of the molecule is CNS(=O)(=O)c1ccc(S(=O)(=O)N2CC(CN)CC2C)cc1. The van der Waals surface area contributed by atoms with Crippen molar-refractivity contribution in [3.63, 3.8) is 0 Å². The van der Waals surface area contributed by atoms with Crippen molar-refractivity contribution >= 4 is 20.0 Å². The Bertz CT molecular complexity index is 729. The Labute approximate surface area is 131 Å². The van der Waals surface area contributed by atoms with E-state index in [4.69, 9.17) is 5.73 Å². The minimum Gasteiger partial charge on any atom is -0.330 e. The summed E-state index contributed by atoms with van der Waals surface area (Å²) in [4.78, 5) is 0.121. The summed E-state index contributed by atoms with van der Waals surface area (Å²) in [6.07, 6.45) is 0.738. The van der Waals surface area contributed by atoms with E-state index in [0.29, 0.717) is 13.1 Å². The molecular formula is C13H21N3O4S2. The van der Waals surface area contributed by atoms with Gasteiger partial charge in [0.05, 0.1) is 9.79 Å². The molecule has 0 aromatic heterocycles. The first-order valence-electron chi connectivity index (χ1n) is 6.98. The Morgan fingerprint density at radius 3 is 2.18 bits per heavy atom. The molecular weight excluding hydrogens is 326 g/mol.